The van der Waals surface area contributed by atoms with Crippen LogP contribution in [0.2, 0.25) is 0 Å². The highest BCUT2D eigenvalue weighted by molar-refractivity contribution is 6.17. The predicted molar refractivity (Wildman–Crippen MR) is 105 cm³/mol. The standard InChI is InChI=1S/C11H17N.C10H21Cl/c1-2-3-4-5-6-11-7-9-12-10-8-11;1-2-3-4-5-6-7-8-9-10-11/h7-10H,2-6H2,1H3;2-10H2,1H3. The van der Waals surface area contributed by atoms with Gasteiger partial charge in [-0.2, -0.15) is 0 Å². The number of hydrogen-bond donors (Lipinski definition) is 0. The summed E-state index contributed by atoms with van der Waals surface area (Å²) < 4.78 is 0. The molecule has 0 amide bonds. The number of rotatable bonds is 13. The highest BCUT2D eigenvalue weighted by atomic mass is 35.5. The van der Waals surface area contributed by atoms with E-state index in [0.29, 0.717) is 0 Å². The zero-order chi connectivity index (χ0) is 17.0. The van der Waals surface area contributed by atoms with Crippen molar-refractivity contribution in [2.24, 2.45) is 0 Å². The van der Waals surface area contributed by atoms with Crippen molar-refractivity contribution in [3.05, 3.63) is 30.1 Å². The van der Waals surface area contributed by atoms with E-state index in [1.54, 1.807) is 0 Å². The Morgan fingerprint density at radius 2 is 1.17 bits per heavy atom. The van der Waals surface area contributed by atoms with Gasteiger partial charge >= 0.3 is 0 Å². The number of hydrogen-bond acceptors (Lipinski definition) is 1. The molecule has 134 valence electrons. The van der Waals surface area contributed by atoms with E-state index in [0.717, 1.165) is 5.88 Å². The van der Waals surface area contributed by atoms with Crippen molar-refractivity contribution in [2.75, 3.05) is 5.88 Å². The van der Waals surface area contributed by atoms with E-state index in [2.05, 4.69) is 31.0 Å². The summed E-state index contributed by atoms with van der Waals surface area (Å²) in [5.41, 5.74) is 1.42. The second kappa shape index (κ2) is 19.5. The first-order valence-corrected chi connectivity index (χ1v) is 10.3. The summed E-state index contributed by atoms with van der Waals surface area (Å²) in [5.74, 6) is 0.842. The molecule has 0 aliphatic heterocycles. The minimum absolute atomic E-state index is 0.842. The molecule has 23 heavy (non-hydrogen) atoms. The molecule has 1 rings (SSSR count). The van der Waals surface area contributed by atoms with Gasteiger partial charge in [-0.05, 0) is 37.0 Å². The lowest BCUT2D eigenvalue weighted by Crippen LogP contribution is -1.85. The van der Waals surface area contributed by atoms with Crippen LogP contribution < -0.4 is 0 Å². The fraction of sp³-hybridized carbons (Fsp3) is 0.762. The summed E-state index contributed by atoms with van der Waals surface area (Å²) in [6.45, 7) is 4.50. The second-order valence-electron chi connectivity index (χ2n) is 6.33. The average molecular weight is 340 g/mol. The zero-order valence-corrected chi connectivity index (χ0v) is 16.3. The Bertz CT molecular complexity index is 305. The monoisotopic (exact) mass is 339 g/mol. The fourth-order valence-electron chi connectivity index (χ4n) is 2.53. The zero-order valence-electron chi connectivity index (χ0n) is 15.5. The highest BCUT2D eigenvalue weighted by Crippen LogP contribution is 2.08. The molecule has 0 atom stereocenters. The van der Waals surface area contributed by atoms with Gasteiger partial charge in [0.2, 0.25) is 0 Å². The van der Waals surface area contributed by atoms with Gasteiger partial charge < -0.3 is 0 Å². The van der Waals surface area contributed by atoms with E-state index in [1.165, 1.54) is 89.0 Å². The minimum atomic E-state index is 0.842. The Hall–Kier alpha value is -0.560. The Morgan fingerprint density at radius 1 is 0.696 bits per heavy atom. The van der Waals surface area contributed by atoms with Gasteiger partial charge in [0.1, 0.15) is 0 Å². The molecule has 0 aromatic carbocycles. The summed E-state index contributed by atoms with van der Waals surface area (Å²) in [7, 11) is 0. The van der Waals surface area contributed by atoms with Gasteiger partial charge in [-0.1, -0.05) is 78.1 Å². The number of alkyl halides is 1. The van der Waals surface area contributed by atoms with E-state index in [9.17, 15) is 0 Å². The van der Waals surface area contributed by atoms with Crippen LogP contribution in [0.25, 0.3) is 0 Å². The molecule has 2 heteroatoms. The van der Waals surface area contributed by atoms with Crippen LogP contribution in [0.5, 0.6) is 0 Å². The van der Waals surface area contributed by atoms with Gasteiger partial charge in [-0.25, -0.2) is 0 Å². The van der Waals surface area contributed by atoms with Gasteiger partial charge in [0.25, 0.3) is 0 Å². The van der Waals surface area contributed by atoms with Crippen molar-refractivity contribution in [1.29, 1.82) is 0 Å². The van der Waals surface area contributed by atoms with Gasteiger partial charge in [0.15, 0.2) is 0 Å². The van der Waals surface area contributed by atoms with E-state index in [-0.39, 0.29) is 0 Å². The molecular weight excluding hydrogens is 302 g/mol. The van der Waals surface area contributed by atoms with Crippen LogP contribution in [0.3, 0.4) is 0 Å². The number of halogens is 1. The summed E-state index contributed by atoms with van der Waals surface area (Å²) in [4.78, 5) is 3.99. The molecule has 0 saturated heterocycles. The van der Waals surface area contributed by atoms with Crippen molar-refractivity contribution in [3.8, 4) is 0 Å². The lowest BCUT2D eigenvalue weighted by molar-refractivity contribution is 0.586. The third kappa shape index (κ3) is 17.6. The van der Waals surface area contributed by atoms with Gasteiger partial charge in [0, 0.05) is 18.3 Å². The van der Waals surface area contributed by atoms with E-state index >= 15 is 0 Å². The molecule has 1 nitrogen and oxygen atoms in total. The molecule has 0 aliphatic rings. The molecule has 0 fully saturated rings. The van der Waals surface area contributed by atoms with Crippen LogP contribution in [0.15, 0.2) is 24.5 Å². The van der Waals surface area contributed by atoms with Crippen LogP contribution in [0.4, 0.5) is 0 Å². The molecule has 0 spiro atoms. The molecule has 0 N–H and O–H groups in total. The molecule has 1 heterocycles. The first kappa shape index (κ1) is 22.4. The Labute approximate surface area is 150 Å². The molecule has 0 unspecified atom stereocenters. The lowest BCUT2D eigenvalue weighted by atomic mass is 10.1. The van der Waals surface area contributed by atoms with Crippen molar-refractivity contribution in [2.45, 2.75) is 97.3 Å². The Balaban J connectivity index is 0.000000423. The van der Waals surface area contributed by atoms with Crippen LogP contribution in [-0.2, 0) is 6.42 Å². The number of nitrogens with zero attached hydrogens (tertiary/aromatic N) is 1. The SMILES string of the molecule is CCCCCCCCCCCl.CCCCCCc1ccncc1. The third-order valence-electron chi connectivity index (χ3n) is 4.06. The van der Waals surface area contributed by atoms with Gasteiger partial charge in [-0.15, -0.1) is 11.6 Å². The summed E-state index contributed by atoms with van der Waals surface area (Å²) >= 11 is 5.56. The average Bonchev–Trinajstić information content (AvgIpc) is 2.60. The molecule has 0 bridgehead atoms. The largest absolute Gasteiger partial charge is 0.265 e. The first-order valence-electron chi connectivity index (χ1n) is 9.80. The van der Waals surface area contributed by atoms with Crippen LogP contribution in [-0.4, -0.2) is 10.9 Å². The van der Waals surface area contributed by atoms with Crippen LogP contribution in [0.1, 0.15) is 96.5 Å². The topological polar surface area (TPSA) is 12.9 Å². The maximum atomic E-state index is 5.56. The first-order chi connectivity index (χ1) is 11.3. The quantitative estimate of drug-likeness (QED) is 0.266. The van der Waals surface area contributed by atoms with E-state index in [4.69, 9.17) is 11.6 Å². The summed E-state index contributed by atoms with van der Waals surface area (Å²) in [6.07, 6.45) is 21.3. The minimum Gasteiger partial charge on any atom is -0.265 e. The van der Waals surface area contributed by atoms with Crippen molar-refractivity contribution in [1.82, 2.24) is 4.98 Å². The molecular formula is C21H38ClN. The highest BCUT2D eigenvalue weighted by Gasteiger charge is 1.91. The van der Waals surface area contributed by atoms with Crippen molar-refractivity contribution in [3.63, 3.8) is 0 Å². The molecule has 1 aromatic rings. The Morgan fingerprint density at radius 3 is 1.70 bits per heavy atom. The second-order valence-corrected chi connectivity index (χ2v) is 6.71. The van der Waals surface area contributed by atoms with E-state index < -0.39 is 0 Å². The predicted octanol–water partition coefficient (Wildman–Crippen LogP) is 7.57. The van der Waals surface area contributed by atoms with Crippen molar-refractivity contribution >= 4 is 11.6 Å². The Kier molecular flexibility index (Phi) is 19.0. The fourth-order valence-corrected chi connectivity index (χ4v) is 2.72. The maximum Gasteiger partial charge on any atom is 0.0270 e. The molecule has 0 radical (unpaired) electrons. The number of pyridine rings is 1. The van der Waals surface area contributed by atoms with Crippen LogP contribution >= 0.6 is 11.6 Å². The number of aromatic nitrogens is 1. The number of aryl methyl sites for hydroxylation is 1. The van der Waals surface area contributed by atoms with Crippen molar-refractivity contribution < 1.29 is 0 Å². The molecule has 1 aromatic heterocycles. The van der Waals surface area contributed by atoms with E-state index in [1.807, 2.05) is 12.4 Å². The lowest BCUT2D eigenvalue weighted by Gasteiger charge is -1.99. The third-order valence-corrected chi connectivity index (χ3v) is 4.32. The van der Waals surface area contributed by atoms with Gasteiger partial charge in [0.05, 0.1) is 0 Å². The summed E-state index contributed by atoms with van der Waals surface area (Å²) in [5, 5.41) is 0. The van der Waals surface area contributed by atoms with Gasteiger partial charge in [-0.3, -0.25) is 4.98 Å². The summed E-state index contributed by atoms with van der Waals surface area (Å²) in [6, 6.07) is 4.21. The maximum absolute atomic E-state index is 5.56. The van der Waals surface area contributed by atoms with Crippen LogP contribution in [0, 0.1) is 0 Å². The molecule has 0 saturated carbocycles. The molecule has 0 aliphatic carbocycles. The normalized spacial score (nSPS) is 10.2. The smallest absolute Gasteiger partial charge is 0.0270 e. The number of unbranched alkanes of at least 4 members (excludes halogenated alkanes) is 10.